The van der Waals surface area contributed by atoms with Crippen LogP contribution in [0.25, 0.3) is 0 Å². The lowest BCUT2D eigenvalue weighted by atomic mass is 10.3. The van der Waals surface area contributed by atoms with Gasteiger partial charge in [0.1, 0.15) is 13.2 Å². The van der Waals surface area contributed by atoms with Crippen LogP contribution >= 0.6 is 0 Å². The highest BCUT2D eigenvalue weighted by atomic mass is 32.2. The van der Waals surface area contributed by atoms with Gasteiger partial charge < -0.3 is 9.64 Å². The van der Waals surface area contributed by atoms with Gasteiger partial charge in [-0.3, -0.25) is 9.69 Å². The van der Waals surface area contributed by atoms with Crippen molar-refractivity contribution in [2.24, 2.45) is 0 Å². The molecule has 2 saturated heterocycles. The zero-order valence-corrected chi connectivity index (χ0v) is 13.7. The summed E-state index contributed by atoms with van der Waals surface area (Å²) in [5, 5.41) is 0. The maximum atomic E-state index is 12.2. The largest absolute Gasteiger partial charge is 0.448 e. The maximum absolute atomic E-state index is 12.2. The molecule has 2 rings (SSSR count). The Morgan fingerprint density at radius 1 is 1.18 bits per heavy atom. The van der Waals surface area contributed by atoms with E-state index in [1.54, 1.807) is 4.90 Å². The fraction of sp³-hybridized carbons (Fsp3) is 0.846. The second-order valence-corrected chi connectivity index (χ2v) is 7.57. The average molecular weight is 333 g/mol. The summed E-state index contributed by atoms with van der Waals surface area (Å²) in [5.41, 5.74) is 0. The topological polar surface area (TPSA) is 87.2 Å². The second kappa shape index (κ2) is 7.28. The molecule has 0 bridgehead atoms. The number of sulfonamides is 1. The predicted octanol–water partition coefficient (Wildman–Crippen LogP) is -0.287. The zero-order chi connectivity index (χ0) is 16.2. The zero-order valence-electron chi connectivity index (χ0n) is 12.9. The Balaban J connectivity index is 1.89. The molecule has 2 fully saturated rings. The maximum Gasteiger partial charge on any atom is 0.410 e. The van der Waals surface area contributed by atoms with Crippen molar-refractivity contribution in [3.63, 3.8) is 0 Å². The Morgan fingerprint density at radius 3 is 2.59 bits per heavy atom. The molecule has 0 atom stereocenters. The van der Waals surface area contributed by atoms with Crippen LogP contribution in [-0.4, -0.2) is 86.2 Å². The first-order valence-corrected chi connectivity index (χ1v) is 9.22. The number of amides is 2. The number of hydrogen-bond donors (Lipinski definition) is 0. The summed E-state index contributed by atoms with van der Waals surface area (Å²) in [6, 6.07) is 0. The molecule has 2 amide bonds. The van der Waals surface area contributed by atoms with Gasteiger partial charge >= 0.3 is 6.09 Å². The van der Waals surface area contributed by atoms with E-state index in [-0.39, 0.29) is 18.2 Å². The number of cyclic esters (lactones) is 1. The first kappa shape index (κ1) is 17.0. The summed E-state index contributed by atoms with van der Waals surface area (Å²) in [5.74, 6) is -0.0193. The molecule has 0 spiro atoms. The molecule has 2 heterocycles. The molecule has 0 aliphatic carbocycles. The summed E-state index contributed by atoms with van der Waals surface area (Å²) in [7, 11) is -3.23. The fourth-order valence-corrected chi connectivity index (χ4v) is 4.18. The van der Waals surface area contributed by atoms with Crippen LogP contribution in [0.1, 0.15) is 19.8 Å². The van der Waals surface area contributed by atoms with Crippen LogP contribution in [0.3, 0.4) is 0 Å². The van der Waals surface area contributed by atoms with Gasteiger partial charge in [0.05, 0.1) is 12.3 Å². The molecular formula is C13H23N3O5S. The number of rotatable bonds is 5. The van der Waals surface area contributed by atoms with Gasteiger partial charge in [-0.1, -0.05) is 6.92 Å². The van der Waals surface area contributed by atoms with Crippen LogP contribution in [0.15, 0.2) is 0 Å². The molecule has 8 nitrogen and oxygen atoms in total. The SMILES string of the molecule is CCCS(=O)(=O)N1CCCN(C(=O)CN2CCOC2=O)CC1. The Hall–Kier alpha value is -1.35. The van der Waals surface area contributed by atoms with E-state index in [0.717, 1.165) is 0 Å². The molecule has 0 N–H and O–H groups in total. The first-order valence-electron chi connectivity index (χ1n) is 7.61. The molecule has 0 radical (unpaired) electrons. The van der Waals surface area contributed by atoms with Crippen LogP contribution in [0.2, 0.25) is 0 Å². The lowest BCUT2D eigenvalue weighted by Gasteiger charge is -2.23. The summed E-state index contributed by atoms with van der Waals surface area (Å²) < 4.78 is 30.4. The fourth-order valence-electron chi connectivity index (χ4n) is 2.64. The summed E-state index contributed by atoms with van der Waals surface area (Å²) in [4.78, 5) is 26.6. The first-order chi connectivity index (χ1) is 10.4. The number of hydrogen-bond acceptors (Lipinski definition) is 5. The number of ether oxygens (including phenoxy) is 1. The minimum Gasteiger partial charge on any atom is -0.448 e. The van der Waals surface area contributed by atoms with E-state index in [0.29, 0.717) is 52.2 Å². The normalized spacial score (nSPS) is 20.9. The third-order valence-electron chi connectivity index (χ3n) is 3.83. The molecule has 126 valence electrons. The van der Waals surface area contributed by atoms with Crippen molar-refractivity contribution < 1.29 is 22.7 Å². The Morgan fingerprint density at radius 2 is 1.95 bits per heavy atom. The average Bonchev–Trinajstić information content (AvgIpc) is 2.73. The molecule has 0 saturated carbocycles. The Kier molecular flexibility index (Phi) is 5.63. The molecule has 0 aromatic heterocycles. The Labute approximate surface area is 131 Å². The third-order valence-corrected chi connectivity index (χ3v) is 5.91. The van der Waals surface area contributed by atoms with Crippen LogP contribution in [0.5, 0.6) is 0 Å². The van der Waals surface area contributed by atoms with Crippen molar-refractivity contribution >= 4 is 22.0 Å². The van der Waals surface area contributed by atoms with Gasteiger partial charge in [0.2, 0.25) is 15.9 Å². The van der Waals surface area contributed by atoms with Gasteiger partial charge in [0.15, 0.2) is 0 Å². The van der Waals surface area contributed by atoms with E-state index < -0.39 is 16.1 Å². The van der Waals surface area contributed by atoms with Crippen molar-refractivity contribution in [2.75, 3.05) is 51.6 Å². The molecule has 9 heteroatoms. The molecule has 0 unspecified atom stereocenters. The van der Waals surface area contributed by atoms with Crippen LogP contribution in [0, 0.1) is 0 Å². The van der Waals surface area contributed by atoms with Crippen molar-refractivity contribution in [3.05, 3.63) is 0 Å². The highest BCUT2D eigenvalue weighted by Gasteiger charge is 2.29. The summed E-state index contributed by atoms with van der Waals surface area (Å²) in [6.07, 6.45) is 0.729. The van der Waals surface area contributed by atoms with Crippen molar-refractivity contribution in [1.82, 2.24) is 14.1 Å². The van der Waals surface area contributed by atoms with Crippen molar-refractivity contribution in [1.29, 1.82) is 0 Å². The van der Waals surface area contributed by atoms with Crippen molar-refractivity contribution in [3.8, 4) is 0 Å². The van der Waals surface area contributed by atoms with E-state index in [4.69, 9.17) is 4.74 Å². The number of nitrogens with zero attached hydrogens (tertiary/aromatic N) is 3. The van der Waals surface area contributed by atoms with Crippen molar-refractivity contribution in [2.45, 2.75) is 19.8 Å². The van der Waals surface area contributed by atoms with Gasteiger partial charge in [-0.2, -0.15) is 0 Å². The summed E-state index contributed by atoms with van der Waals surface area (Å²) >= 11 is 0. The molecular weight excluding hydrogens is 310 g/mol. The molecule has 2 aliphatic heterocycles. The highest BCUT2D eigenvalue weighted by Crippen LogP contribution is 2.11. The molecule has 0 aromatic carbocycles. The summed E-state index contributed by atoms with van der Waals surface area (Å²) in [6.45, 7) is 4.21. The van der Waals surface area contributed by atoms with E-state index in [1.165, 1.54) is 9.21 Å². The molecule has 22 heavy (non-hydrogen) atoms. The quantitative estimate of drug-likeness (QED) is 0.690. The minimum absolute atomic E-state index is 0.000539. The lowest BCUT2D eigenvalue weighted by molar-refractivity contribution is -0.131. The lowest BCUT2D eigenvalue weighted by Crippen LogP contribution is -2.43. The molecule has 0 aromatic rings. The van der Waals surface area contributed by atoms with Crippen LogP contribution in [-0.2, 0) is 19.6 Å². The number of carbonyl (C=O) groups excluding carboxylic acids is 2. The Bertz CT molecular complexity index is 522. The monoisotopic (exact) mass is 333 g/mol. The van der Waals surface area contributed by atoms with E-state index in [2.05, 4.69) is 0 Å². The van der Waals surface area contributed by atoms with E-state index in [1.807, 2.05) is 6.92 Å². The van der Waals surface area contributed by atoms with Gasteiger partial charge in [-0.25, -0.2) is 17.5 Å². The van der Waals surface area contributed by atoms with E-state index in [9.17, 15) is 18.0 Å². The highest BCUT2D eigenvalue weighted by molar-refractivity contribution is 7.89. The number of carbonyl (C=O) groups is 2. The van der Waals surface area contributed by atoms with Gasteiger partial charge in [0.25, 0.3) is 0 Å². The van der Waals surface area contributed by atoms with Gasteiger partial charge in [-0.15, -0.1) is 0 Å². The minimum atomic E-state index is -3.23. The smallest absolute Gasteiger partial charge is 0.410 e. The predicted molar refractivity (Wildman–Crippen MR) is 79.8 cm³/mol. The standard InChI is InChI=1S/C13H23N3O5S/c1-2-10-22(19,20)16-5-3-4-14(6-7-16)12(17)11-15-8-9-21-13(15)18/h2-11H2,1H3. The second-order valence-electron chi connectivity index (χ2n) is 5.49. The van der Waals surface area contributed by atoms with Gasteiger partial charge in [-0.05, 0) is 12.8 Å². The van der Waals surface area contributed by atoms with E-state index >= 15 is 0 Å². The molecule has 2 aliphatic rings. The third kappa shape index (κ3) is 4.10. The van der Waals surface area contributed by atoms with Gasteiger partial charge in [0, 0.05) is 26.2 Å². The van der Waals surface area contributed by atoms with Crippen LogP contribution < -0.4 is 0 Å². The van der Waals surface area contributed by atoms with Crippen LogP contribution in [0.4, 0.5) is 4.79 Å².